The molecule has 0 unspecified atom stereocenters. The minimum atomic E-state index is -2.70. The normalized spacial score (nSPS) is 17.4. The van der Waals surface area contributed by atoms with Crippen LogP contribution in [0.5, 0.6) is 0 Å². The summed E-state index contributed by atoms with van der Waals surface area (Å²) in [6.07, 6.45) is -0.426. The Balaban J connectivity index is 2.02. The lowest BCUT2D eigenvalue weighted by molar-refractivity contribution is 0.0946. The minimum absolute atomic E-state index is 0.132. The van der Waals surface area contributed by atoms with Gasteiger partial charge in [-0.15, -0.1) is 0 Å². The molecule has 2 aromatic carbocycles. The zero-order valence-electron chi connectivity index (χ0n) is 17.3. The van der Waals surface area contributed by atoms with E-state index in [0.29, 0.717) is 6.54 Å². The first-order valence-electron chi connectivity index (χ1n) is 10.3. The molecule has 2 aromatic rings. The number of alkyl halides is 1. The summed E-state index contributed by atoms with van der Waals surface area (Å²) in [4.78, 5) is 2.32. The number of nitrogens with zero attached hydrogens (tertiary/aromatic N) is 1. The molecule has 0 saturated carbocycles. The van der Waals surface area contributed by atoms with Crippen molar-refractivity contribution in [1.29, 1.82) is 0 Å². The number of halogens is 1. The standard InChI is InChI=1S/C23H33FN2OSi/c1-23(2,3)28(21-10-6-4-7-11-21,22-12-8-5-9-13-22)27-20(18-24)19-26-16-14-25-15-17-26/h4-13,20,25H,14-19H2,1-3H3/t20-/m1/s1. The molecule has 1 saturated heterocycles. The highest BCUT2D eigenvalue weighted by atomic mass is 28.4. The van der Waals surface area contributed by atoms with E-state index in [4.69, 9.17) is 4.43 Å². The molecule has 1 atom stereocenters. The van der Waals surface area contributed by atoms with Crippen molar-refractivity contribution in [2.24, 2.45) is 0 Å². The van der Waals surface area contributed by atoms with Crippen LogP contribution in [0.25, 0.3) is 0 Å². The smallest absolute Gasteiger partial charge is 0.261 e. The van der Waals surface area contributed by atoms with Gasteiger partial charge in [-0.2, -0.15) is 0 Å². The summed E-state index contributed by atoms with van der Waals surface area (Å²) in [5, 5.41) is 5.63. The van der Waals surface area contributed by atoms with Crippen molar-refractivity contribution in [1.82, 2.24) is 10.2 Å². The van der Waals surface area contributed by atoms with E-state index in [1.54, 1.807) is 0 Å². The van der Waals surface area contributed by atoms with Gasteiger partial charge in [-0.1, -0.05) is 81.4 Å². The Bertz CT molecular complexity index is 675. The van der Waals surface area contributed by atoms with Gasteiger partial charge in [0, 0.05) is 32.7 Å². The van der Waals surface area contributed by atoms with Crippen molar-refractivity contribution < 1.29 is 8.82 Å². The van der Waals surface area contributed by atoms with Gasteiger partial charge < -0.3 is 9.74 Å². The van der Waals surface area contributed by atoms with Crippen LogP contribution in [-0.4, -0.2) is 58.7 Å². The molecule has 0 amide bonds. The monoisotopic (exact) mass is 400 g/mol. The van der Waals surface area contributed by atoms with Crippen molar-refractivity contribution in [3.8, 4) is 0 Å². The summed E-state index contributed by atoms with van der Waals surface area (Å²) >= 11 is 0. The topological polar surface area (TPSA) is 24.5 Å². The van der Waals surface area contributed by atoms with Crippen LogP contribution in [0, 0.1) is 0 Å². The molecule has 0 aromatic heterocycles. The highest BCUT2D eigenvalue weighted by Gasteiger charge is 2.51. The lowest BCUT2D eigenvalue weighted by atomic mass is 10.2. The molecule has 0 aliphatic carbocycles. The SMILES string of the molecule is CC(C)(C)[Si](O[C@H](CF)CN1CCNCC1)(c1ccccc1)c1ccccc1. The molecule has 5 heteroatoms. The van der Waals surface area contributed by atoms with Gasteiger partial charge >= 0.3 is 0 Å². The summed E-state index contributed by atoms with van der Waals surface area (Å²) < 4.78 is 21.1. The molecule has 1 fully saturated rings. The summed E-state index contributed by atoms with van der Waals surface area (Å²) in [7, 11) is -2.70. The van der Waals surface area contributed by atoms with Gasteiger partial charge in [0.2, 0.25) is 0 Å². The Labute approximate surface area is 170 Å². The minimum Gasteiger partial charge on any atom is -0.400 e. The van der Waals surface area contributed by atoms with Crippen LogP contribution in [0.4, 0.5) is 4.39 Å². The molecule has 0 spiro atoms. The highest BCUT2D eigenvalue weighted by Crippen LogP contribution is 2.37. The summed E-state index contributed by atoms with van der Waals surface area (Å²) in [6.45, 7) is 10.7. The van der Waals surface area contributed by atoms with Gasteiger partial charge in [0.05, 0.1) is 6.10 Å². The van der Waals surface area contributed by atoms with E-state index in [-0.39, 0.29) is 5.04 Å². The Morgan fingerprint density at radius 2 is 1.46 bits per heavy atom. The largest absolute Gasteiger partial charge is 0.400 e. The van der Waals surface area contributed by atoms with Crippen LogP contribution in [0.2, 0.25) is 5.04 Å². The van der Waals surface area contributed by atoms with Crippen LogP contribution >= 0.6 is 0 Å². The van der Waals surface area contributed by atoms with Crippen molar-refractivity contribution in [3.63, 3.8) is 0 Å². The number of nitrogens with one attached hydrogen (secondary N) is 1. The molecular formula is C23H33FN2OSi. The van der Waals surface area contributed by atoms with Crippen molar-refractivity contribution >= 4 is 18.7 Å². The summed E-state index contributed by atoms with van der Waals surface area (Å²) in [5.74, 6) is 0. The van der Waals surface area contributed by atoms with Gasteiger partial charge in [0.25, 0.3) is 8.32 Å². The summed E-state index contributed by atoms with van der Waals surface area (Å²) in [6, 6.07) is 21.0. The Morgan fingerprint density at radius 1 is 0.964 bits per heavy atom. The van der Waals surface area contributed by atoms with Crippen molar-refractivity contribution in [2.45, 2.75) is 31.9 Å². The van der Waals surface area contributed by atoms with Gasteiger partial charge in [-0.05, 0) is 15.4 Å². The first kappa shape index (κ1) is 21.2. The van der Waals surface area contributed by atoms with E-state index in [2.05, 4.69) is 79.5 Å². The average Bonchev–Trinajstić information content (AvgIpc) is 2.72. The number of piperazine rings is 1. The molecule has 0 bridgehead atoms. The van der Waals surface area contributed by atoms with Crippen LogP contribution in [0.1, 0.15) is 20.8 Å². The predicted molar refractivity (Wildman–Crippen MR) is 118 cm³/mol. The van der Waals surface area contributed by atoms with E-state index in [1.165, 1.54) is 10.4 Å². The zero-order valence-corrected chi connectivity index (χ0v) is 18.3. The van der Waals surface area contributed by atoms with Gasteiger partial charge in [0.15, 0.2) is 0 Å². The fraction of sp³-hybridized carbons (Fsp3) is 0.478. The fourth-order valence-electron chi connectivity index (χ4n) is 4.24. The number of hydrogen-bond acceptors (Lipinski definition) is 3. The zero-order chi connectivity index (χ0) is 20.0. The quantitative estimate of drug-likeness (QED) is 0.724. The van der Waals surface area contributed by atoms with Crippen LogP contribution in [0.15, 0.2) is 60.7 Å². The second kappa shape index (κ2) is 9.31. The molecule has 152 valence electrons. The highest BCUT2D eigenvalue weighted by molar-refractivity contribution is 6.99. The Kier molecular flexibility index (Phi) is 7.04. The maximum atomic E-state index is 14.2. The molecule has 1 aliphatic heterocycles. The van der Waals surface area contributed by atoms with Gasteiger partial charge in [-0.3, -0.25) is 4.90 Å². The van der Waals surface area contributed by atoms with Crippen molar-refractivity contribution in [2.75, 3.05) is 39.4 Å². The molecule has 1 aliphatic rings. The van der Waals surface area contributed by atoms with Crippen LogP contribution in [0.3, 0.4) is 0 Å². The first-order valence-corrected chi connectivity index (χ1v) is 12.2. The van der Waals surface area contributed by atoms with E-state index >= 15 is 0 Å². The third-order valence-electron chi connectivity index (χ3n) is 5.60. The number of benzene rings is 2. The summed E-state index contributed by atoms with van der Waals surface area (Å²) in [5.41, 5.74) is 0. The lowest BCUT2D eigenvalue weighted by Crippen LogP contribution is -2.68. The Morgan fingerprint density at radius 3 is 1.89 bits per heavy atom. The predicted octanol–water partition coefficient (Wildman–Crippen LogP) is 2.81. The maximum absolute atomic E-state index is 14.2. The van der Waals surface area contributed by atoms with Gasteiger partial charge in [0.1, 0.15) is 6.67 Å². The van der Waals surface area contributed by atoms with Gasteiger partial charge in [-0.25, -0.2) is 4.39 Å². The van der Waals surface area contributed by atoms with E-state index in [0.717, 1.165) is 26.2 Å². The molecule has 3 rings (SSSR count). The van der Waals surface area contributed by atoms with E-state index < -0.39 is 21.1 Å². The fourth-order valence-corrected chi connectivity index (χ4v) is 8.89. The maximum Gasteiger partial charge on any atom is 0.261 e. The van der Waals surface area contributed by atoms with E-state index in [9.17, 15) is 4.39 Å². The number of rotatable bonds is 7. The molecule has 28 heavy (non-hydrogen) atoms. The number of hydrogen-bond donors (Lipinski definition) is 1. The third-order valence-corrected chi connectivity index (χ3v) is 10.7. The average molecular weight is 401 g/mol. The van der Waals surface area contributed by atoms with E-state index in [1.807, 2.05) is 12.1 Å². The molecule has 1 heterocycles. The van der Waals surface area contributed by atoms with Crippen LogP contribution in [-0.2, 0) is 4.43 Å². The molecular weight excluding hydrogens is 367 g/mol. The molecule has 3 nitrogen and oxygen atoms in total. The molecule has 0 radical (unpaired) electrons. The Hall–Kier alpha value is -1.53. The second-order valence-corrected chi connectivity index (χ2v) is 12.9. The second-order valence-electron chi connectivity index (χ2n) is 8.61. The molecule has 1 N–H and O–H groups in total. The first-order chi connectivity index (χ1) is 13.5. The van der Waals surface area contributed by atoms with Crippen molar-refractivity contribution in [3.05, 3.63) is 60.7 Å². The van der Waals surface area contributed by atoms with Crippen LogP contribution < -0.4 is 15.7 Å². The third kappa shape index (κ3) is 4.54. The lowest BCUT2D eigenvalue weighted by Gasteiger charge is -2.45.